The Kier molecular flexibility index (Phi) is 7.19. The predicted octanol–water partition coefficient (Wildman–Crippen LogP) is 1.80. The van der Waals surface area contributed by atoms with Crippen molar-refractivity contribution in [2.75, 3.05) is 25.0 Å². The Morgan fingerprint density at radius 1 is 1.19 bits per heavy atom. The number of carbonyl (C=O) groups is 2. The van der Waals surface area contributed by atoms with Crippen LogP contribution >= 0.6 is 12.4 Å². The minimum atomic E-state index is -0.100. The van der Waals surface area contributed by atoms with Crippen LogP contribution in [0.15, 0.2) is 24.3 Å². The Labute approximate surface area is 131 Å². The summed E-state index contributed by atoms with van der Waals surface area (Å²) in [7, 11) is 0. The molecule has 0 atom stereocenters. The molecule has 0 bridgehead atoms. The molecule has 1 aromatic carbocycles. The van der Waals surface area contributed by atoms with Crippen LogP contribution in [-0.4, -0.2) is 31.4 Å². The molecular formula is C15H22ClN3O2. The lowest BCUT2D eigenvalue weighted by Crippen LogP contribution is -2.29. The molecule has 0 heterocycles. The summed E-state index contributed by atoms with van der Waals surface area (Å²) in [6.07, 6.45) is 2.55. The second-order valence-corrected chi connectivity index (χ2v) is 5.06. The van der Waals surface area contributed by atoms with Crippen molar-refractivity contribution in [1.29, 1.82) is 0 Å². The minimum absolute atomic E-state index is 0. The van der Waals surface area contributed by atoms with Gasteiger partial charge in [-0.25, -0.2) is 0 Å². The fourth-order valence-electron chi connectivity index (χ4n) is 1.88. The highest BCUT2D eigenvalue weighted by Gasteiger charge is 2.20. The number of rotatable bonds is 7. The van der Waals surface area contributed by atoms with Gasteiger partial charge >= 0.3 is 0 Å². The quantitative estimate of drug-likeness (QED) is 0.719. The summed E-state index contributed by atoms with van der Waals surface area (Å²) in [6.45, 7) is 3.73. The van der Waals surface area contributed by atoms with Gasteiger partial charge in [0.1, 0.15) is 0 Å². The second-order valence-electron chi connectivity index (χ2n) is 5.06. The van der Waals surface area contributed by atoms with Crippen LogP contribution in [0.3, 0.4) is 0 Å². The van der Waals surface area contributed by atoms with Gasteiger partial charge in [-0.05, 0) is 56.5 Å². The summed E-state index contributed by atoms with van der Waals surface area (Å²) in [5.41, 5.74) is 1.30. The highest BCUT2D eigenvalue weighted by Crippen LogP contribution is 2.27. The topological polar surface area (TPSA) is 70.2 Å². The average molecular weight is 312 g/mol. The van der Waals surface area contributed by atoms with E-state index in [1.807, 2.05) is 6.92 Å². The monoisotopic (exact) mass is 311 g/mol. The molecule has 1 fully saturated rings. The van der Waals surface area contributed by atoms with Crippen LogP contribution in [0.25, 0.3) is 0 Å². The summed E-state index contributed by atoms with van der Waals surface area (Å²) in [5, 5.41) is 8.67. The smallest absolute Gasteiger partial charge is 0.251 e. The molecule has 116 valence electrons. The van der Waals surface area contributed by atoms with E-state index in [1.165, 1.54) is 12.8 Å². The van der Waals surface area contributed by atoms with E-state index < -0.39 is 0 Å². The van der Waals surface area contributed by atoms with E-state index in [4.69, 9.17) is 0 Å². The molecule has 1 aliphatic carbocycles. The van der Waals surface area contributed by atoms with Crippen molar-refractivity contribution in [3.05, 3.63) is 29.8 Å². The summed E-state index contributed by atoms with van der Waals surface area (Å²) in [5.74, 6) is 0.604. The van der Waals surface area contributed by atoms with Crippen molar-refractivity contribution in [2.24, 2.45) is 5.92 Å². The number of hydrogen-bond donors (Lipinski definition) is 3. The van der Waals surface area contributed by atoms with Crippen molar-refractivity contribution in [1.82, 2.24) is 10.6 Å². The first kappa shape index (κ1) is 17.5. The number of benzene rings is 1. The van der Waals surface area contributed by atoms with E-state index in [0.29, 0.717) is 24.3 Å². The van der Waals surface area contributed by atoms with Crippen LogP contribution in [0, 0.1) is 5.92 Å². The normalized spacial score (nSPS) is 13.2. The van der Waals surface area contributed by atoms with Crippen LogP contribution in [0.5, 0.6) is 0 Å². The van der Waals surface area contributed by atoms with Gasteiger partial charge in [-0.2, -0.15) is 0 Å². The first-order valence-electron chi connectivity index (χ1n) is 7.08. The first-order valence-corrected chi connectivity index (χ1v) is 7.08. The van der Waals surface area contributed by atoms with Crippen LogP contribution in [0.1, 0.15) is 30.1 Å². The Balaban J connectivity index is 0.00000220. The zero-order valence-corrected chi connectivity index (χ0v) is 13.0. The van der Waals surface area contributed by atoms with Gasteiger partial charge in [0.15, 0.2) is 0 Å². The van der Waals surface area contributed by atoms with Crippen molar-refractivity contribution in [3.8, 4) is 0 Å². The maximum Gasteiger partial charge on any atom is 0.251 e. The molecule has 2 amide bonds. The molecule has 1 aromatic rings. The standard InChI is InChI=1S/C15H21N3O2.ClH/c1-2-17-15(20)12-5-7-13(8-6-12)18-14(19)10-16-9-11-3-4-11;/h5-8,11,16H,2-4,9-10H2,1H3,(H,17,20)(H,18,19);1H. The number of carbonyl (C=O) groups excluding carboxylic acids is 2. The lowest BCUT2D eigenvalue weighted by atomic mass is 10.2. The van der Waals surface area contributed by atoms with Crippen molar-refractivity contribution < 1.29 is 9.59 Å². The molecule has 1 aliphatic rings. The van der Waals surface area contributed by atoms with Gasteiger partial charge in [-0.1, -0.05) is 0 Å². The minimum Gasteiger partial charge on any atom is -0.352 e. The average Bonchev–Trinajstić information content (AvgIpc) is 3.24. The number of halogens is 1. The summed E-state index contributed by atoms with van der Waals surface area (Å²) >= 11 is 0. The highest BCUT2D eigenvalue weighted by molar-refractivity contribution is 5.96. The molecule has 21 heavy (non-hydrogen) atoms. The molecule has 0 aromatic heterocycles. The van der Waals surface area contributed by atoms with Gasteiger partial charge < -0.3 is 16.0 Å². The SMILES string of the molecule is CCNC(=O)c1ccc(NC(=O)CNCC2CC2)cc1.Cl. The van der Waals surface area contributed by atoms with E-state index in [2.05, 4.69) is 16.0 Å². The van der Waals surface area contributed by atoms with E-state index in [0.717, 1.165) is 12.5 Å². The fourth-order valence-corrected chi connectivity index (χ4v) is 1.88. The predicted molar refractivity (Wildman–Crippen MR) is 85.9 cm³/mol. The molecule has 0 unspecified atom stereocenters. The van der Waals surface area contributed by atoms with E-state index >= 15 is 0 Å². The fraction of sp³-hybridized carbons (Fsp3) is 0.467. The number of hydrogen-bond acceptors (Lipinski definition) is 3. The largest absolute Gasteiger partial charge is 0.352 e. The summed E-state index contributed by atoms with van der Waals surface area (Å²) < 4.78 is 0. The number of amides is 2. The van der Waals surface area contributed by atoms with Crippen LogP contribution < -0.4 is 16.0 Å². The first-order chi connectivity index (χ1) is 9.69. The Bertz CT molecular complexity index is 472. The maximum atomic E-state index is 11.7. The molecule has 0 saturated heterocycles. The Morgan fingerprint density at radius 3 is 2.43 bits per heavy atom. The third kappa shape index (κ3) is 6.14. The van der Waals surface area contributed by atoms with Gasteiger partial charge in [0.25, 0.3) is 5.91 Å². The van der Waals surface area contributed by atoms with E-state index in [9.17, 15) is 9.59 Å². The van der Waals surface area contributed by atoms with E-state index in [1.54, 1.807) is 24.3 Å². The third-order valence-electron chi connectivity index (χ3n) is 3.18. The van der Waals surface area contributed by atoms with Gasteiger partial charge in [0.2, 0.25) is 5.91 Å². The maximum absolute atomic E-state index is 11.7. The molecule has 6 heteroatoms. The zero-order chi connectivity index (χ0) is 14.4. The molecule has 0 aliphatic heterocycles. The van der Waals surface area contributed by atoms with Gasteiger partial charge in [0, 0.05) is 17.8 Å². The highest BCUT2D eigenvalue weighted by atomic mass is 35.5. The van der Waals surface area contributed by atoms with E-state index in [-0.39, 0.29) is 24.2 Å². The number of anilines is 1. The molecule has 2 rings (SSSR count). The molecule has 3 N–H and O–H groups in total. The van der Waals surface area contributed by atoms with Crippen molar-refractivity contribution >= 4 is 29.9 Å². The molecule has 0 radical (unpaired) electrons. The van der Waals surface area contributed by atoms with Crippen molar-refractivity contribution in [3.63, 3.8) is 0 Å². The van der Waals surface area contributed by atoms with Crippen LogP contribution in [0.4, 0.5) is 5.69 Å². The molecular weight excluding hydrogens is 290 g/mol. The zero-order valence-electron chi connectivity index (χ0n) is 12.1. The molecule has 1 saturated carbocycles. The molecule has 5 nitrogen and oxygen atoms in total. The molecule has 0 spiro atoms. The van der Waals surface area contributed by atoms with Crippen LogP contribution in [0.2, 0.25) is 0 Å². The Morgan fingerprint density at radius 2 is 1.86 bits per heavy atom. The lowest BCUT2D eigenvalue weighted by Gasteiger charge is -2.07. The summed E-state index contributed by atoms with van der Waals surface area (Å²) in [6, 6.07) is 6.89. The summed E-state index contributed by atoms with van der Waals surface area (Å²) in [4.78, 5) is 23.3. The Hall–Kier alpha value is -1.59. The van der Waals surface area contributed by atoms with Crippen molar-refractivity contribution in [2.45, 2.75) is 19.8 Å². The van der Waals surface area contributed by atoms with Gasteiger partial charge in [-0.15, -0.1) is 12.4 Å². The van der Waals surface area contributed by atoms with Gasteiger partial charge in [-0.3, -0.25) is 9.59 Å². The van der Waals surface area contributed by atoms with Gasteiger partial charge in [0.05, 0.1) is 6.54 Å². The second kappa shape index (κ2) is 8.64. The number of nitrogens with one attached hydrogen (secondary N) is 3. The van der Waals surface area contributed by atoms with Crippen LogP contribution in [-0.2, 0) is 4.79 Å². The lowest BCUT2D eigenvalue weighted by molar-refractivity contribution is -0.115. The third-order valence-corrected chi connectivity index (χ3v) is 3.18.